The minimum atomic E-state index is -0.414. The molecule has 1 saturated heterocycles. The van der Waals surface area contributed by atoms with Crippen molar-refractivity contribution >= 4 is 52.0 Å². The van der Waals surface area contributed by atoms with Gasteiger partial charge in [-0.2, -0.15) is 4.99 Å². The van der Waals surface area contributed by atoms with Gasteiger partial charge in [0, 0.05) is 29.1 Å². The Labute approximate surface area is 202 Å². The lowest BCUT2D eigenvalue weighted by Gasteiger charge is -2.36. The van der Waals surface area contributed by atoms with Crippen LogP contribution >= 0.6 is 23.5 Å². The molecular formula is C23H30N4O4S2. The van der Waals surface area contributed by atoms with E-state index in [1.165, 1.54) is 42.6 Å². The largest absolute Gasteiger partial charge is 0.469 e. The summed E-state index contributed by atoms with van der Waals surface area (Å²) in [4.78, 5) is 44.6. The Morgan fingerprint density at radius 3 is 2.58 bits per heavy atom. The summed E-state index contributed by atoms with van der Waals surface area (Å²) >= 11 is 2.59. The van der Waals surface area contributed by atoms with Crippen LogP contribution in [0.15, 0.2) is 34.2 Å². The minimum absolute atomic E-state index is 0.117. The SMILES string of the molecule is COC(=O)CCNC(=O)C1SC(=NC(=O)c2ccc(SC=N)cc2)N(C2CCCCC2)C1C. The van der Waals surface area contributed by atoms with E-state index in [9.17, 15) is 14.4 Å². The van der Waals surface area contributed by atoms with Gasteiger partial charge in [0.05, 0.1) is 19.1 Å². The third kappa shape index (κ3) is 6.60. The Bertz CT molecular complexity index is 900. The van der Waals surface area contributed by atoms with Crippen molar-refractivity contribution in [3.8, 4) is 0 Å². The first kappa shape index (κ1) is 25.3. The van der Waals surface area contributed by atoms with Gasteiger partial charge in [0.25, 0.3) is 5.91 Å². The Morgan fingerprint density at radius 1 is 1.24 bits per heavy atom. The summed E-state index contributed by atoms with van der Waals surface area (Å²) in [5, 5.41) is 10.2. The van der Waals surface area contributed by atoms with Gasteiger partial charge in [0.2, 0.25) is 5.91 Å². The van der Waals surface area contributed by atoms with Crippen LogP contribution in [0, 0.1) is 5.41 Å². The van der Waals surface area contributed by atoms with E-state index in [-0.39, 0.29) is 42.8 Å². The molecule has 0 aromatic heterocycles. The number of hydrogen-bond acceptors (Lipinski definition) is 7. The third-order valence-corrected chi connectivity index (χ3v) is 7.94. The fraction of sp³-hybridized carbons (Fsp3) is 0.522. The Hall–Kier alpha value is -2.33. The Balaban J connectivity index is 1.77. The molecule has 0 spiro atoms. The van der Waals surface area contributed by atoms with Gasteiger partial charge in [-0.25, -0.2) is 0 Å². The van der Waals surface area contributed by atoms with Crippen LogP contribution in [0.1, 0.15) is 55.8 Å². The van der Waals surface area contributed by atoms with E-state index in [1.807, 2.05) is 6.92 Å². The molecule has 8 nitrogen and oxygen atoms in total. The van der Waals surface area contributed by atoms with Gasteiger partial charge in [0.1, 0.15) is 5.25 Å². The van der Waals surface area contributed by atoms with Gasteiger partial charge in [0.15, 0.2) is 5.17 Å². The fourth-order valence-electron chi connectivity index (χ4n) is 4.18. The third-order valence-electron chi connectivity index (χ3n) is 5.91. The number of nitrogens with zero attached hydrogens (tertiary/aromatic N) is 2. The molecule has 1 aromatic rings. The molecule has 2 amide bonds. The maximum atomic E-state index is 12.9. The maximum Gasteiger partial charge on any atom is 0.307 e. The minimum Gasteiger partial charge on any atom is -0.469 e. The quantitative estimate of drug-likeness (QED) is 0.247. The maximum absolute atomic E-state index is 12.9. The normalized spacial score (nSPS) is 22.2. The first-order valence-electron chi connectivity index (χ1n) is 11.1. The molecule has 1 aliphatic heterocycles. The van der Waals surface area contributed by atoms with Gasteiger partial charge < -0.3 is 20.4 Å². The topological polar surface area (TPSA) is 112 Å². The number of ether oxygens (including phenoxy) is 1. The Morgan fingerprint density at radius 2 is 1.94 bits per heavy atom. The number of carbonyl (C=O) groups is 3. The smallest absolute Gasteiger partial charge is 0.307 e. The van der Waals surface area contributed by atoms with E-state index in [0.29, 0.717) is 10.7 Å². The highest BCUT2D eigenvalue weighted by Gasteiger charge is 2.44. The number of amidine groups is 1. The highest BCUT2D eigenvalue weighted by molar-refractivity contribution is 8.15. The van der Waals surface area contributed by atoms with Crippen LogP contribution in [0.4, 0.5) is 0 Å². The molecule has 178 valence electrons. The average Bonchev–Trinajstić information content (AvgIpc) is 3.15. The van der Waals surface area contributed by atoms with Crippen molar-refractivity contribution in [3.63, 3.8) is 0 Å². The highest BCUT2D eigenvalue weighted by Crippen LogP contribution is 2.37. The molecule has 1 aliphatic carbocycles. The molecule has 1 saturated carbocycles. The molecule has 1 heterocycles. The monoisotopic (exact) mass is 490 g/mol. The van der Waals surface area contributed by atoms with Crippen molar-refractivity contribution in [2.24, 2.45) is 4.99 Å². The molecule has 33 heavy (non-hydrogen) atoms. The number of methoxy groups -OCH3 is 1. The summed E-state index contributed by atoms with van der Waals surface area (Å²) in [5.41, 5.74) is 1.71. The summed E-state index contributed by atoms with van der Waals surface area (Å²) in [6.07, 6.45) is 5.61. The van der Waals surface area contributed by atoms with Crippen LogP contribution in [0.2, 0.25) is 0 Å². The standard InChI is InChI=1S/C23H30N4O4S2/c1-15-20(22(30)25-13-12-19(28)31-2)33-23(27(15)17-6-4-3-5-7-17)26-21(29)16-8-10-18(11-9-16)32-14-24/h8-11,14-15,17,20,24H,3-7,12-13H2,1-2H3,(H,25,30). The molecule has 1 aromatic carbocycles. The molecule has 2 aliphatic rings. The van der Waals surface area contributed by atoms with Gasteiger partial charge in [-0.05, 0) is 44.0 Å². The van der Waals surface area contributed by atoms with Crippen molar-refractivity contribution < 1.29 is 19.1 Å². The van der Waals surface area contributed by atoms with E-state index in [4.69, 9.17) is 5.41 Å². The van der Waals surface area contributed by atoms with E-state index < -0.39 is 5.25 Å². The molecule has 2 atom stereocenters. The van der Waals surface area contributed by atoms with E-state index in [1.54, 1.807) is 24.3 Å². The summed E-state index contributed by atoms with van der Waals surface area (Å²) in [7, 11) is 1.32. The second-order valence-corrected chi connectivity index (χ2v) is 10.1. The molecule has 0 radical (unpaired) electrons. The van der Waals surface area contributed by atoms with Crippen LogP contribution in [0.25, 0.3) is 0 Å². The zero-order valence-corrected chi connectivity index (χ0v) is 20.5. The first-order valence-corrected chi connectivity index (χ1v) is 12.9. The molecule has 3 rings (SSSR count). The lowest BCUT2D eigenvalue weighted by molar-refractivity contribution is -0.140. The zero-order chi connectivity index (χ0) is 23.8. The van der Waals surface area contributed by atoms with Gasteiger partial charge >= 0.3 is 5.97 Å². The molecule has 2 unspecified atom stereocenters. The Kier molecular flexibility index (Phi) is 9.37. The number of rotatable bonds is 8. The molecule has 10 heteroatoms. The number of amides is 2. The molecule has 0 bridgehead atoms. The second-order valence-electron chi connectivity index (χ2n) is 8.05. The zero-order valence-electron chi connectivity index (χ0n) is 18.9. The number of thioether (sulfide) groups is 2. The van der Waals surface area contributed by atoms with Gasteiger partial charge in [-0.1, -0.05) is 42.8 Å². The van der Waals surface area contributed by atoms with Crippen molar-refractivity contribution in [2.45, 2.75) is 67.7 Å². The summed E-state index contributed by atoms with van der Waals surface area (Å²) in [6.45, 7) is 2.22. The number of aliphatic imine (C=N–C) groups is 1. The van der Waals surface area contributed by atoms with E-state index >= 15 is 0 Å². The van der Waals surface area contributed by atoms with E-state index in [0.717, 1.165) is 30.6 Å². The second kappa shape index (κ2) is 12.2. The summed E-state index contributed by atoms with van der Waals surface area (Å²) < 4.78 is 4.63. The molecular weight excluding hydrogens is 460 g/mol. The summed E-state index contributed by atoms with van der Waals surface area (Å²) in [6, 6.07) is 7.15. The van der Waals surface area contributed by atoms with Crippen LogP contribution in [-0.4, -0.2) is 64.4 Å². The number of benzene rings is 1. The lowest BCUT2D eigenvalue weighted by atomic mass is 9.93. The highest BCUT2D eigenvalue weighted by atomic mass is 32.2. The van der Waals surface area contributed by atoms with Gasteiger partial charge in [-0.3, -0.25) is 14.4 Å². The average molecular weight is 491 g/mol. The van der Waals surface area contributed by atoms with Crippen LogP contribution in [0.3, 0.4) is 0 Å². The number of hydrogen-bond donors (Lipinski definition) is 2. The van der Waals surface area contributed by atoms with Crippen molar-refractivity contribution in [1.82, 2.24) is 10.2 Å². The van der Waals surface area contributed by atoms with Crippen LogP contribution < -0.4 is 5.32 Å². The van der Waals surface area contributed by atoms with Crippen LogP contribution in [0.5, 0.6) is 0 Å². The predicted octanol–water partition coefficient (Wildman–Crippen LogP) is 3.70. The fourth-order valence-corrected chi connectivity index (χ4v) is 5.93. The number of nitrogens with one attached hydrogen (secondary N) is 2. The first-order chi connectivity index (χ1) is 15.9. The van der Waals surface area contributed by atoms with Crippen LogP contribution in [-0.2, 0) is 14.3 Å². The molecule has 2 N–H and O–H groups in total. The number of esters is 1. The molecule has 2 fully saturated rings. The van der Waals surface area contributed by atoms with Crippen molar-refractivity contribution in [3.05, 3.63) is 29.8 Å². The predicted molar refractivity (Wildman–Crippen MR) is 132 cm³/mol. The number of carbonyl (C=O) groups excluding carboxylic acids is 3. The van der Waals surface area contributed by atoms with Gasteiger partial charge in [-0.15, -0.1) is 0 Å². The van der Waals surface area contributed by atoms with Crippen molar-refractivity contribution in [2.75, 3.05) is 13.7 Å². The summed E-state index contributed by atoms with van der Waals surface area (Å²) in [5.74, 6) is -0.879. The lowest BCUT2D eigenvalue weighted by Crippen LogP contribution is -2.47. The van der Waals surface area contributed by atoms with E-state index in [2.05, 4.69) is 19.9 Å². The van der Waals surface area contributed by atoms with Crippen molar-refractivity contribution in [1.29, 1.82) is 5.41 Å².